The van der Waals surface area contributed by atoms with Crippen molar-refractivity contribution in [2.45, 2.75) is 18.1 Å². The van der Waals surface area contributed by atoms with Gasteiger partial charge in [-0.3, -0.25) is 9.59 Å². The number of nitrogens with zero attached hydrogens (tertiary/aromatic N) is 6. The number of benzene rings is 2. The summed E-state index contributed by atoms with van der Waals surface area (Å²) in [6.45, 7) is 6.31. The highest BCUT2D eigenvalue weighted by Gasteiger charge is 2.29. The lowest BCUT2D eigenvalue weighted by Crippen LogP contribution is -2.54. The summed E-state index contributed by atoms with van der Waals surface area (Å²) in [6.07, 6.45) is 0. The van der Waals surface area contributed by atoms with Crippen molar-refractivity contribution in [1.29, 1.82) is 0 Å². The largest absolute Gasteiger partial charge is 0.368 e. The normalized spacial score (nSPS) is 17.8. The molecule has 0 radical (unpaired) electrons. The van der Waals surface area contributed by atoms with Crippen LogP contribution in [0.2, 0.25) is 10.2 Å². The Balaban J connectivity index is 1.15. The standard InChI is InChI=1S/C28H29Cl2FN6O2S/c1-19-17-36(13-14-37(19)27(39)20-5-7-22(31)8-6-20)25-16-24(30)32-28(33-25)40-18-26(38)35-11-9-34(10-12-35)23-4-2-3-21(29)15-23/h2-8,15-16,19H,9-14,17-18H2,1H3. The summed E-state index contributed by atoms with van der Waals surface area (Å²) in [5.41, 5.74) is 1.52. The number of carbonyl (C=O) groups excluding carboxylic acids is 2. The van der Waals surface area contributed by atoms with E-state index in [0.717, 1.165) is 18.8 Å². The van der Waals surface area contributed by atoms with E-state index in [1.807, 2.05) is 36.1 Å². The van der Waals surface area contributed by atoms with E-state index in [2.05, 4.69) is 19.8 Å². The molecular formula is C28H29Cl2FN6O2S. The second-order valence-corrected chi connectivity index (χ2v) is 11.5. The van der Waals surface area contributed by atoms with Crippen LogP contribution in [-0.4, -0.2) is 89.2 Å². The first-order valence-electron chi connectivity index (χ1n) is 13.0. The first-order valence-corrected chi connectivity index (χ1v) is 14.8. The Labute approximate surface area is 247 Å². The van der Waals surface area contributed by atoms with Crippen LogP contribution in [-0.2, 0) is 4.79 Å². The van der Waals surface area contributed by atoms with Crippen molar-refractivity contribution in [1.82, 2.24) is 19.8 Å². The number of piperazine rings is 2. The first kappa shape index (κ1) is 28.4. The minimum Gasteiger partial charge on any atom is -0.368 e. The molecule has 2 amide bonds. The molecule has 2 aromatic carbocycles. The second kappa shape index (κ2) is 12.6. The molecule has 210 valence electrons. The quantitative estimate of drug-likeness (QED) is 0.230. The maximum atomic E-state index is 13.3. The highest BCUT2D eigenvalue weighted by Crippen LogP contribution is 2.26. The Morgan fingerprint density at radius 3 is 2.38 bits per heavy atom. The van der Waals surface area contributed by atoms with Gasteiger partial charge >= 0.3 is 0 Å². The zero-order valence-corrected chi connectivity index (χ0v) is 24.3. The van der Waals surface area contributed by atoms with Crippen LogP contribution in [0.3, 0.4) is 0 Å². The highest BCUT2D eigenvalue weighted by molar-refractivity contribution is 7.99. The van der Waals surface area contributed by atoms with E-state index in [4.69, 9.17) is 23.2 Å². The molecule has 0 bridgehead atoms. The number of aromatic nitrogens is 2. The molecule has 0 aliphatic carbocycles. The molecule has 1 aromatic heterocycles. The number of hydrogen-bond donors (Lipinski definition) is 0. The van der Waals surface area contributed by atoms with E-state index in [1.54, 1.807) is 11.0 Å². The first-order chi connectivity index (χ1) is 19.3. The zero-order chi connectivity index (χ0) is 28.2. The number of hydrogen-bond acceptors (Lipinski definition) is 7. The molecule has 2 aliphatic rings. The van der Waals surface area contributed by atoms with Crippen LogP contribution in [0.5, 0.6) is 0 Å². The summed E-state index contributed by atoms with van der Waals surface area (Å²) in [7, 11) is 0. The number of amides is 2. The summed E-state index contributed by atoms with van der Waals surface area (Å²) in [6, 6.07) is 14.9. The summed E-state index contributed by atoms with van der Waals surface area (Å²) in [5.74, 6) is 0.402. The van der Waals surface area contributed by atoms with E-state index in [1.165, 1.54) is 36.0 Å². The average Bonchev–Trinajstić information content (AvgIpc) is 2.96. The fourth-order valence-corrected chi connectivity index (χ4v) is 6.11. The maximum absolute atomic E-state index is 13.3. The van der Waals surface area contributed by atoms with Gasteiger partial charge in [-0.2, -0.15) is 0 Å². The molecule has 3 heterocycles. The van der Waals surface area contributed by atoms with Gasteiger partial charge in [-0.05, 0) is 49.4 Å². The molecule has 2 aliphatic heterocycles. The number of anilines is 2. The molecule has 5 rings (SSSR count). The Bertz CT molecular complexity index is 1370. The lowest BCUT2D eigenvalue weighted by atomic mass is 10.1. The van der Waals surface area contributed by atoms with Crippen LogP contribution < -0.4 is 9.80 Å². The van der Waals surface area contributed by atoms with Crippen molar-refractivity contribution in [3.8, 4) is 0 Å². The summed E-state index contributed by atoms with van der Waals surface area (Å²) in [5, 5.41) is 1.43. The van der Waals surface area contributed by atoms with Gasteiger partial charge in [-0.15, -0.1) is 0 Å². The molecular weight excluding hydrogens is 574 g/mol. The molecule has 0 spiro atoms. The highest BCUT2D eigenvalue weighted by atomic mass is 35.5. The molecule has 12 heteroatoms. The summed E-state index contributed by atoms with van der Waals surface area (Å²) in [4.78, 5) is 42.8. The van der Waals surface area contributed by atoms with E-state index < -0.39 is 0 Å². The van der Waals surface area contributed by atoms with Gasteiger partial charge in [0.15, 0.2) is 5.16 Å². The number of rotatable bonds is 6. The number of halogens is 3. The lowest BCUT2D eigenvalue weighted by Gasteiger charge is -2.40. The smallest absolute Gasteiger partial charge is 0.254 e. The molecule has 2 fully saturated rings. The minimum absolute atomic E-state index is 0.0300. The van der Waals surface area contributed by atoms with Crippen LogP contribution >= 0.6 is 35.0 Å². The van der Waals surface area contributed by atoms with Crippen molar-refractivity contribution in [2.75, 3.05) is 61.4 Å². The second-order valence-electron chi connectivity index (χ2n) is 9.77. The molecule has 2 saturated heterocycles. The Morgan fingerprint density at radius 1 is 0.950 bits per heavy atom. The topological polar surface area (TPSA) is 72.9 Å². The third kappa shape index (κ3) is 6.79. The Morgan fingerprint density at radius 2 is 1.68 bits per heavy atom. The van der Waals surface area contributed by atoms with Gasteiger partial charge in [0.1, 0.15) is 16.8 Å². The monoisotopic (exact) mass is 602 g/mol. The van der Waals surface area contributed by atoms with Gasteiger partial charge in [-0.25, -0.2) is 14.4 Å². The van der Waals surface area contributed by atoms with Crippen molar-refractivity contribution in [2.24, 2.45) is 0 Å². The SMILES string of the molecule is CC1CN(c2cc(Cl)nc(SCC(=O)N3CCN(c4cccc(Cl)c4)CC3)n2)CCN1C(=O)c1ccc(F)cc1. The fraction of sp³-hybridized carbons (Fsp3) is 0.357. The van der Waals surface area contributed by atoms with Crippen molar-refractivity contribution in [3.05, 3.63) is 76.2 Å². The average molecular weight is 604 g/mol. The number of carbonyl (C=O) groups is 2. The number of thioether (sulfide) groups is 1. The predicted molar refractivity (Wildman–Crippen MR) is 157 cm³/mol. The van der Waals surface area contributed by atoms with Crippen LogP contribution in [0.4, 0.5) is 15.9 Å². The van der Waals surface area contributed by atoms with Gasteiger partial charge in [0.2, 0.25) is 5.91 Å². The van der Waals surface area contributed by atoms with E-state index in [0.29, 0.717) is 59.4 Å². The minimum atomic E-state index is -0.373. The van der Waals surface area contributed by atoms with Crippen LogP contribution in [0.25, 0.3) is 0 Å². The van der Waals surface area contributed by atoms with Gasteiger partial charge in [0, 0.05) is 74.2 Å². The lowest BCUT2D eigenvalue weighted by molar-refractivity contribution is -0.128. The van der Waals surface area contributed by atoms with Crippen molar-refractivity contribution < 1.29 is 14.0 Å². The molecule has 0 N–H and O–H groups in total. The third-order valence-electron chi connectivity index (χ3n) is 7.09. The predicted octanol–water partition coefficient (Wildman–Crippen LogP) is 4.71. The zero-order valence-electron chi connectivity index (χ0n) is 22.0. The van der Waals surface area contributed by atoms with Gasteiger partial charge in [-0.1, -0.05) is 41.0 Å². The van der Waals surface area contributed by atoms with Crippen LogP contribution in [0.15, 0.2) is 59.8 Å². The van der Waals surface area contributed by atoms with Gasteiger partial charge < -0.3 is 19.6 Å². The fourth-order valence-electron chi connectivity index (χ4n) is 4.94. The van der Waals surface area contributed by atoms with E-state index >= 15 is 0 Å². The van der Waals surface area contributed by atoms with Crippen molar-refractivity contribution >= 4 is 58.3 Å². The third-order valence-corrected chi connectivity index (χ3v) is 8.36. The van der Waals surface area contributed by atoms with Crippen molar-refractivity contribution in [3.63, 3.8) is 0 Å². The molecule has 40 heavy (non-hydrogen) atoms. The maximum Gasteiger partial charge on any atom is 0.254 e. The Hall–Kier alpha value is -3.08. The Kier molecular flexibility index (Phi) is 8.97. The summed E-state index contributed by atoms with van der Waals surface area (Å²) < 4.78 is 13.3. The molecule has 1 unspecified atom stereocenters. The molecule has 1 atom stereocenters. The van der Waals surface area contributed by atoms with Gasteiger partial charge in [0.25, 0.3) is 5.91 Å². The molecule has 8 nitrogen and oxygen atoms in total. The van der Waals surface area contributed by atoms with E-state index in [-0.39, 0.29) is 29.4 Å². The van der Waals surface area contributed by atoms with Gasteiger partial charge in [0.05, 0.1) is 5.75 Å². The van der Waals surface area contributed by atoms with Crippen LogP contribution in [0.1, 0.15) is 17.3 Å². The molecule has 3 aromatic rings. The van der Waals surface area contributed by atoms with E-state index in [9.17, 15) is 14.0 Å². The van der Waals surface area contributed by atoms with Crippen LogP contribution in [0, 0.1) is 5.82 Å². The summed E-state index contributed by atoms with van der Waals surface area (Å²) >= 11 is 13.7. The molecule has 0 saturated carbocycles.